The number of nitrogen functional groups attached to an aromatic ring is 2. The molecule has 3 nitrogen and oxygen atoms in total. The number of benzene rings is 1. The van der Waals surface area contributed by atoms with Crippen LogP contribution >= 0.6 is 0 Å². The first kappa shape index (κ1) is 10.6. The van der Waals surface area contributed by atoms with Crippen molar-refractivity contribution in [2.45, 2.75) is 19.9 Å². The molecule has 2 rings (SSSR count). The van der Waals surface area contributed by atoms with Crippen LogP contribution < -0.4 is 11.5 Å². The maximum atomic E-state index is 5.95. The first-order valence-corrected chi connectivity index (χ1v) is 5.41. The smallest absolute Gasteiger partial charge is 0.104 e. The number of nitrogens with zero attached hydrogens (tertiary/aromatic N) is 1. The SMILES string of the molecule is CC(C)n1cc(-c2cccc(N)c2)cc1N. The predicted octanol–water partition coefficient (Wildman–Crippen LogP) is 2.90. The molecule has 0 saturated carbocycles. The molecule has 0 aliphatic rings. The van der Waals surface area contributed by atoms with Crippen molar-refractivity contribution in [3.63, 3.8) is 0 Å². The maximum absolute atomic E-state index is 5.95. The van der Waals surface area contributed by atoms with Crippen LogP contribution in [0.2, 0.25) is 0 Å². The van der Waals surface area contributed by atoms with Gasteiger partial charge in [-0.15, -0.1) is 0 Å². The van der Waals surface area contributed by atoms with Gasteiger partial charge in [0.2, 0.25) is 0 Å². The summed E-state index contributed by atoms with van der Waals surface area (Å²) in [6, 6.07) is 10.2. The Morgan fingerprint density at radius 2 is 1.81 bits per heavy atom. The Labute approximate surface area is 95.7 Å². The summed E-state index contributed by atoms with van der Waals surface area (Å²) in [7, 11) is 0. The van der Waals surface area contributed by atoms with E-state index < -0.39 is 0 Å². The van der Waals surface area contributed by atoms with E-state index in [1.807, 2.05) is 30.3 Å². The van der Waals surface area contributed by atoms with Crippen LogP contribution in [0, 0.1) is 0 Å². The number of rotatable bonds is 2. The normalized spacial score (nSPS) is 10.9. The molecule has 1 aromatic heterocycles. The van der Waals surface area contributed by atoms with Gasteiger partial charge in [0.1, 0.15) is 5.82 Å². The van der Waals surface area contributed by atoms with Crippen LogP contribution in [0.15, 0.2) is 36.5 Å². The molecule has 0 radical (unpaired) electrons. The zero-order chi connectivity index (χ0) is 11.7. The zero-order valence-corrected chi connectivity index (χ0v) is 9.64. The average Bonchev–Trinajstić information content (AvgIpc) is 2.60. The third kappa shape index (κ3) is 1.89. The van der Waals surface area contributed by atoms with Crippen LogP contribution in [-0.4, -0.2) is 4.57 Å². The number of hydrogen-bond acceptors (Lipinski definition) is 2. The Kier molecular flexibility index (Phi) is 2.60. The fraction of sp³-hybridized carbons (Fsp3) is 0.231. The maximum Gasteiger partial charge on any atom is 0.104 e. The standard InChI is InChI=1S/C13H17N3/c1-9(2)16-8-11(7-13(16)15)10-4-3-5-12(14)6-10/h3-9H,14-15H2,1-2H3. The topological polar surface area (TPSA) is 57.0 Å². The highest BCUT2D eigenvalue weighted by Gasteiger charge is 2.07. The van der Waals surface area contributed by atoms with E-state index in [0.717, 1.165) is 22.6 Å². The Morgan fingerprint density at radius 1 is 1.06 bits per heavy atom. The highest BCUT2D eigenvalue weighted by atomic mass is 15.1. The van der Waals surface area contributed by atoms with Crippen molar-refractivity contribution in [3.05, 3.63) is 36.5 Å². The molecule has 2 aromatic rings. The van der Waals surface area contributed by atoms with Crippen LogP contribution in [0.3, 0.4) is 0 Å². The molecule has 0 fully saturated rings. The summed E-state index contributed by atoms with van der Waals surface area (Å²) in [4.78, 5) is 0. The van der Waals surface area contributed by atoms with Gasteiger partial charge in [0.05, 0.1) is 0 Å². The molecular weight excluding hydrogens is 198 g/mol. The van der Waals surface area contributed by atoms with Crippen molar-refractivity contribution in [2.24, 2.45) is 0 Å². The highest BCUT2D eigenvalue weighted by Crippen LogP contribution is 2.26. The fourth-order valence-corrected chi connectivity index (χ4v) is 1.82. The molecule has 0 amide bonds. The number of nitrogens with two attached hydrogens (primary N) is 2. The first-order valence-electron chi connectivity index (χ1n) is 5.41. The molecule has 0 spiro atoms. The summed E-state index contributed by atoms with van der Waals surface area (Å²) in [6.07, 6.45) is 2.06. The monoisotopic (exact) mass is 215 g/mol. The molecule has 16 heavy (non-hydrogen) atoms. The van der Waals surface area contributed by atoms with Crippen molar-refractivity contribution in [3.8, 4) is 11.1 Å². The Balaban J connectivity index is 2.45. The minimum absolute atomic E-state index is 0.370. The first-order chi connectivity index (χ1) is 7.58. The van der Waals surface area contributed by atoms with Crippen molar-refractivity contribution in [1.82, 2.24) is 4.57 Å². The van der Waals surface area contributed by atoms with Gasteiger partial charge >= 0.3 is 0 Å². The summed E-state index contributed by atoms with van der Waals surface area (Å²) >= 11 is 0. The van der Waals surface area contributed by atoms with Gasteiger partial charge in [0, 0.05) is 23.5 Å². The molecule has 0 aliphatic carbocycles. The average molecular weight is 215 g/mol. The van der Waals surface area contributed by atoms with Gasteiger partial charge < -0.3 is 16.0 Å². The number of anilines is 2. The molecule has 0 saturated heterocycles. The van der Waals surface area contributed by atoms with Crippen LogP contribution in [0.4, 0.5) is 11.5 Å². The Bertz CT molecular complexity index is 498. The molecular formula is C13H17N3. The summed E-state index contributed by atoms with van der Waals surface area (Å²) in [5.74, 6) is 0.785. The predicted molar refractivity (Wildman–Crippen MR) is 69.1 cm³/mol. The van der Waals surface area contributed by atoms with E-state index in [0.29, 0.717) is 6.04 Å². The van der Waals surface area contributed by atoms with Crippen LogP contribution in [0.1, 0.15) is 19.9 Å². The lowest BCUT2D eigenvalue weighted by Gasteiger charge is -2.08. The second kappa shape index (κ2) is 3.93. The minimum atomic E-state index is 0.370. The zero-order valence-electron chi connectivity index (χ0n) is 9.64. The van der Waals surface area contributed by atoms with E-state index in [-0.39, 0.29) is 0 Å². The Hall–Kier alpha value is -1.90. The van der Waals surface area contributed by atoms with Crippen molar-refractivity contribution < 1.29 is 0 Å². The molecule has 0 atom stereocenters. The lowest BCUT2D eigenvalue weighted by molar-refractivity contribution is 0.612. The Morgan fingerprint density at radius 3 is 2.38 bits per heavy atom. The van der Waals surface area contributed by atoms with Gasteiger partial charge in [-0.1, -0.05) is 12.1 Å². The fourth-order valence-electron chi connectivity index (χ4n) is 1.82. The summed E-state index contributed by atoms with van der Waals surface area (Å²) < 4.78 is 2.05. The third-order valence-corrected chi connectivity index (χ3v) is 2.66. The summed E-state index contributed by atoms with van der Waals surface area (Å²) in [6.45, 7) is 4.22. The highest BCUT2D eigenvalue weighted by molar-refractivity contribution is 5.69. The van der Waals surface area contributed by atoms with Gasteiger partial charge in [-0.05, 0) is 37.6 Å². The van der Waals surface area contributed by atoms with Crippen LogP contribution in [0.25, 0.3) is 11.1 Å². The van der Waals surface area contributed by atoms with Crippen molar-refractivity contribution >= 4 is 11.5 Å². The molecule has 0 unspecified atom stereocenters. The van der Waals surface area contributed by atoms with Crippen molar-refractivity contribution in [2.75, 3.05) is 11.5 Å². The van der Waals surface area contributed by atoms with Crippen molar-refractivity contribution in [1.29, 1.82) is 0 Å². The lowest BCUT2D eigenvalue weighted by atomic mass is 10.1. The summed E-state index contributed by atoms with van der Waals surface area (Å²) in [5.41, 5.74) is 14.7. The molecule has 4 N–H and O–H groups in total. The van der Waals surface area contributed by atoms with Gasteiger partial charge in [-0.2, -0.15) is 0 Å². The van der Waals surface area contributed by atoms with E-state index in [1.165, 1.54) is 0 Å². The molecule has 0 bridgehead atoms. The second-order valence-corrected chi connectivity index (χ2v) is 4.28. The van der Waals surface area contributed by atoms with Gasteiger partial charge in [-0.25, -0.2) is 0 Å². The van der Waals surface area contributed by atoms with E-state index in [1.54, 1.807) is 0 Å². The lowest BCUT2D eigenvalue weighted by Crippen LogP contribution is -2.02. The van der Waals surface area contributed by atoms with E-state index in [2.05, 4.69) is 24.6 Å². The molecule has 1 heterocycles. The summed E-state index contributed by atoms with van der Waals surface area (Å²) in [5, 5.41) is 0. The largest absolute Gasteiger partial charge is 0.399 e. The molecule has 84 valence electrons. The van der Waals surface area contributed by atoms with E-state index >= 15 is 0 Å². The van der Waals surface area contributed by atoms with Gasteiger partial charge in [0.15, 0.2) is 0 Å². The minimum Gasteiger partial charge on any atom is -0.399 e. The number of hydrogen-bond donors (Lipinski definition) is 2. The van der Waals surface area contributed by atoms with Crippen LogP contribution in [-0.2, 0) is 0 Å². The van der Waals surface area contributed by atoms with Crippen LogP contribution in [0.5, 0.6) is 0 Å². The van der Waals surface area contributed by atoms with Gasteiger partial charge in [0.25, 0.3) is 0 Å². The molecule has 0 aliphatic heterocycles. The number of aromatic nitrogens is 1. The molecule has 3 heteroatoms. The van der Waals surface area contributed by atoms with Gasteiger partial charge in [-0.3, -0.25) is 0 Å². The molecule has 1 aromatic carbocycles. The second-order valence-electron chi connectivity index (χ2n) is 4.28. The van der Waals surface area contributed by atoms with E-state index in [9.17, 15) is 0 Å². The quantitative estimate of drug-likeness (QED) is 0.757. The third-order valence-electron chi connectivity index (χ3n) is 2.66. The van der Waals surface area contributed by atoms with E-state index in [4.69, 9.17) is 11.5 Å².